The minimum absolute atomic E-state index is 0.0357. The van der Waals surface area contributed by atoms with E-state index in [0.29, 0.717) is 43.5 Å². The molecule has 9 heteroatoms. The number of piperazine rings is 1. The molecule has 2 saturated heterocycles. The summed E-state index contributed by atoms with van der Waals surface area (Å²) in [6.07, 6.45) is 1.72. The Balaban J connectivity index is 1.28. The predicted molar refractivity (Wildman–Crippen MR) is 107 cm³/mol. The maximum atomic E-state index is 12.6. The Hall–Kier alpha value is -3.00. The van der Waals surface area contributed by atoms with Crippen LogP contribution >= 0.6 is 11.6 Å². The summed E-state index contributed by atoms with van der Waals surface area (Å²) < 4.78 is 5.15. The standard InChI is InChI=1S/C20H21ClN4O4/c21-14-3-5-16(6-4-14)25-13-15(12-18(25)26)22-20(28)24-9-7-23(8-10-24)19(27)17-2-1-11-29-17/h1-6,11,15H,7-10,12-13H2,(H,22,28)/t15-/m0/s1. The van der Waals surface area contributed by atoms with Crippen molar-refractivity contribution in [3.8, 4) is 0 Å². The van der Waals surface area contributed by atoms with E-state index in [2.05, 4.69) is 5.32 Å². The molecule has 152 valence electrons. The third-order valence-corrected chi connectivity index (χ3v) is 5.43. The lowest BCUT2D eigenvalue weighted by Gasteiger charge is -2.34. The average Bonchev–Trinajstić information content (AvgIpc) is 3.38. The molecule has 3 heterocycles. The third kappa shape index (κ3) is 4.22. The van der Waals surface area contributed by atoms with E-state index in [9.17, 15) is 14.4 Å². The van der Waals surface area contributed by atoms with E-state index in [0.717, 1.165) is 5.69 Å². The van der Waals surface area contributed by atoms with Crippen LogP contribution in [0.25, 0.3) is 0 Å². The number of carbonyl (C=O) groups is 3. The first-order valence-electron chi connectivity index (χ1n) is 9.45. The molecule has 2 aromatic rings. The van der Waals surface area contributed by atoms with Gasteiger partial charge in [-0.2, -0.15) is 0 Å². The second kappa shape index (κ2) is 8.16. The van der Waals surface area contributed by atoms with Crippen molar-refractivity contribution in [3.63, 3.8) is 0 Å². The summed E-state index contributed by atoms with van der Waals surface area (Å²) in [5.74, 6) is 0.0937. The second-order valence-corrected chi connectivity index (χ2v) is 7.52. The maximum Gasteiger partial charge on any atom is 0.317 e. The highest BCUT2D eigenvalue weighted by Crippen LogP contribution is 2.23. The van der Waals surface area contributed by atoms with Gasteiger partial charge in [-0.15, -0.1) is 0 Å². The van der Waals surface area contributed by atoms with E-state index in [-0.39, 0.29) is 30.3 Å². The summed E-state index contributed by atoms with van der Waals surface area (Å²) in [5, 5.41) is 3.54. The van der Waals surface area contributed by atoms with Gasteiger partial charge < -0.3 is 24.4 Å². The zero-order chi connectivity index (χ0) is 20.4. The van der Waals surface area contributed by atoms with Gasteiger partial charge in [0, 0.05) is 49.9 Å². The number of hydrogen-bond acceptors (Lipinski definition) is 4. The first kappa shape index (κ1) is 19.3. The maximum absolute atomic E-state index is 12.6. The van der Waals surface area contributed by atoms with Crippen LogP contribution in [0, 0.1) is 0 Å². The normalized spacial score (nSPS) is 19.6. The van der Waals surface area contributed by atoms with Gasteiger partial charge in [0.05, 0.1) is 12.3 Å². The molecule has 2 fully saturated rings. The summed E-state index contributed by atoms with van der Waals surface area (Å²) in [6.45, 7) is 2.16. The Morgan fingerprint density at radius 3 is 2.38 bits per heavy atom. The quantitative estimate of drug-likeness (QED) is 0.831. The van der Waals surface area contributed by atoms with Gasteiger partial charge in [-0.25, -0.2) is 4.79 Å². The van der Waals surface area contributed by atoms with Crippen molar-refractivity contribution in [1.29, 1.82) is 0 Å². The van der Waals surface area contributed by atoms with Crippen LogP contribution in [-0.4, -0.2) is 66.4 Å². The van der Waals surface area contributed by atoms with Gasteiger partial charge in [0.25, 0.3) is 5.91 Å². The zero-order valence-electron chi connectivity index (χ0n) is 15.7. The summed E-state index contributed by atoms with van der Waals surface area (Å²) in [4.78, 5) is 42.2. The first-order chi connectivity index (χ1) is 14.0. The van der Waals surface area contributed by atoms with Crippen LogP contribution in [0.4, 0.5) is 10.5 Å². The molecular weight excluding hydrogens is 396 g/mol. The lowest BCUT2D eigenvalue weighted by atomic mass is 10.2. The highest BCUT2D eigenvalue weighted by molar-refractivity contribution is 6.30. The van der Waals surface area contributed by atoms with Gasteiger partial charge in [0.1, 0.15) is 0 Å². The number of nitrogens with one attached hydrogen (secondary N) is 1. The van der Waals surface area contributed by atoms with E-state index in [1.807, 2.05) is 0 Å². The molecule has 1 aromatic heterocycles. The molecule has 8 nitrogen and oxygen atoms in total. The molecular formula is C20H21ClN4O4. The zero-order valence-corrected chi connectivity index (χ0v) is 16.5. The molecule has 0 unspecified atom stereocenters. The summed E-state index contributed by atoms with van der Waals surface area (Å²) >= 11 is 5.90. The van der Waals surface area contributed by atoms with Crippen LogP contribution in [0.3, 0.4) is 0 Å². The summed E-state index contributed by atoms with van der Waals surface area (Å²) in [6, 6.07) is 9.88. The fourth-order valence-electron chi connectivity index (χ4n) is 3.61. The van der Waals surface area contributed by atoms with Gasteiger partial charge in [0.2, 0.25) is 5.91 Å². The fraction of sp³-hybridized carbons (Fsp3) is 0.350. The van der Waals surface area contributed by atoms with Crippen LogP contribution in [0.5, 0.6) is 0 Å². The minimum Gasteiger partial charge on any atom is -0.459 e. The van der Waals surface area contributed by atoms with Crippen LogP contribution in [-0.2, 0) is 4.79 Å². The van der Waals surface area contributed by atoms with Crippen molar-refractivity contribution >= 4 is 35.1 Å². The van der Waals surface area contributed by atoms with Crippen LogP contribution < -0.4 is 10.2 Å². The van der Waals surface area contributed by atoms with Crippen LogP contribution in [0.1, 0.15) is 17.0 Å². The number of urea groups is 1. The molecule has 4 rings (SSSR count). The lowest BCUT2D eigenvalue weighted by molar-refractivity contribution is -0.117. The Morgan fingerprint density at radius 2 is 1.72 bits per heavy atom. The van der Waals surface area contributed by atoms with Crippen molar-refractivity contribution < 1.29 is 18.8 Å². The molecule has 0 spiro atoms. The number of furan rings is 1. The number of rotatable bonds is 3. The fourth-order valence-corrected chi connectivity index (χ4v) is 3.74. The van der Waals surface area contributed by atoms with Crippen molar-refractivity contribution in [3.05, 3.63) is 53.4 Å². The van der Waals surface area contributed by atoms with E-state index < -0.39 is 0 Å². The second-order valence-electron chi connectivity index (χ2n) is 7.09. The van der Waals surface area contributed by atoms with Gasteiger partial charge in [-0.05, 0) is 36.4 Å². The van der Waals surface area contributed by atoms with E-state index in [1.165, 1.54) is 6.26 Å². The summed E-state index contributed by atoms with van der Waals surface area (Å²) in [7, 11) is 0. The van der Waals surface area contributed by atoms with Crippen molar-refractivity contribution in [2.75, 3.05) is 37.6 Å². The number of halogens is 1. The van der Waals surface area contributed by atoms with Crippen molar-refractivity contribution in [2.45, 2.75) is 12.5 Å². The van der Waals surface area contributed by atoms with Crippen LogP contribution in [0.2, 0.25) is 5.02 Å². The molecule has 2 aliphatic heterocycles. The highest BCUT2D eigenvalue weighted by Gasteiger charge is 2.33. The summed E-state index contributed by atoms with van der Waals surface area (Å²) in [5.41, 5.74) is 0.765. The number of nitrogens with zero attached hydrogens (tertiary/aromatic N) is 3. The molecule has 1 N–H and O–H groups in total. The average molecular weight is 417 g/mol. The van der Waals surface area contributed by atoms with E-state index in [1.54, 1.807) is 51.1 Å². The van der Waals surface area contributed by atoms with Crippen molar-refractivity contribution in [2.24, 2.45) is 0 Å². The third-order valence-electron chi connectivity index (χ3n) is 5.18. The number of amides is 4. The molecule has 0 saturated carbocycles. The van der Waals surface area contributed by atoms with Gasteiger partial charge in [0.15, 0.2) is 5.76 Å². The Bertz CT molecular complexity index is 892. The molecule has 1 atom stereocenters. The topological polar surface area (TPSA) is 86.1 Å². The lowest BCUT2D eigenvalue weighted by Crippen LogP contribution is -2.54. The first-order valence-corrected chi connectivity index (χ1v) is 9.83. The molecule has 0 bridgehead atoms. The van der Waals surface area contributed by atoms with Crippen molar-refractivity contribution in [1.82, 2.24) is 15.1 Å². The van der Waals surface area contributed by atoms with E-state index in [4.69, 9.17) is 16.0 Å². The Labute approximate surface area is 173 Å². The largest absolute Gasteiger partial charge is 0.459 e. The number of carbonyl (C=O) groups excluding carboxylic acids is 3. The van der Waals surface area contributed by atoms with Gasteiger partial charge in [-0.3, -0.25) is 9.59 Å². The Morgan fingerprint density at radius 1 is 1.03 bits per heavy atom. The molecule has 4 amide bonds. The van der Waals surface area contributed by atoms with Crippen LogP contribution in [0.15, 0.2) is 47.1 Å². The Kier molecular flexibility index (Phi) is 5.44. The smallest absolute Gasteiger partial charge is 0.317 e. The SMILES string of the molecule is O=C(N[C@H]1CC(=O)N(c2ccc(Cl)cc2)C1)N1CCN(C(=O)c2ccco2)CC1. The monoisotopic (exact) mass is 416 g/mol. The molecule has 0 radical (unpaired) electrons. The molecule has 0 aliphatic carbocycles. The van der Waals surface area contributed by atoms with E-state index >= 15 is 0 Å². The minimum atomic E-state index is -0.256. The predicted octanol–water partition coefficient (Wildman–Crippen LogP) is 2.21. The molecule has 29 heavy (non-hydrogen) atoms. The number of anilines is 1. The highest BCUT2D eigenvalue weighted by atomic mass is 35.5. The van der Waals surface area contributed by atoms with Gasteiger partial charge in [-0.1, -0.05) is 11.6 Å². The number of benzene rings is 1. The molecule has 1 aromatic carbocycles. The van der Waals surface area contributed by atoms with Gasteiger partial charge >= 0.3 is 6.03 Å². The molecule has 2 aliphatic rings. The number of hydrogen-bond donors (Lipinski definition) is 1.